The SMILES string of the molecule is CCOc1ccc(-n2c(SCc3nnc(-c4ccc([N+](=O)[O-])cc4)o3)nc3ccccc32)cc1. The predicted molar refractivity (Wildman–Crippen MR) is 128 cm³/mol. The van der Waals surface area contributed by atoms with Crippen molar-refractivity contribution in [1.82, 2.24) is 19.7 Å². The second-order valence-electron chi connectivity index (χ2n) is 7.24. The average Bonchev–Trinajstić information content (AvgIpc) is 3.48. The molecule has 5 aromatic rings. The molecule has 34 heavy (non-hydrogen) atoms. The summed E-state index contributed by atoms with van der Waals surface area (Å²) in [6.45, 7) is 2.57. The highest BCUT2D eigenvalue weighted by Gasteiger charge is 2.16. The number of para-hydroxylation sites is 2. The van der Waals surface area contributed by atoms with E-state index in [9.17, 15) is 10.1 Å². The molecule has 2 aromatic heterocycles. The van der Waals surface area contributed by atoms with E-state index in [2.05, 4.69) is 14.8 Å². The second-order valence-corrected chi connectivity index (χ2v) is 8.18. The van der Waals surface area contributed by atoms with Crippen LogP contribution in [0.15, 0.2) is 82.4 Å². The van der Waals surface area contributed by atoms with Crippen LogP contribution in [0.5, 0.6) is 5.75 Å². The van der Waals surface area contributed by atoms with Gasteiger partial charge in [0, 0.05) is 23.4 Å². The minimum absolute atomic E-state index is 0.00670. The van der Waals surface area contributed by atoms with Gasteiger partial charge >= 0.3 is 0 Å². The summed E-state index contributed by atoms with van der Waals surface area (Å²) in [6.07, 6.45) is 0. The molecule has 0 atom stereocenters. The molecule has 0 spiro atoms. The molecule has 2 heterocycles. The zero-order valence-electron chi connectivity index (χ0n) is 18.1. The van der Waals surface area contributed by atoms with E-state index in [0.29, 0.717) is 29.7 Å². The predicted octanol–water partition coefficient (Wildman–Crippen LogP) is 5.67. The third-order valence-corrected chi connectivity index (χ3v) is 5.98. The van der Waals surface area contributed by atoms with Gasteiger partial charge < -0.3 is 9.15 Å². The number of rotatable bonds is 8. The number of nitro benzene ring substituents is 1. The van der Waals surface area contributed by atoms with Crippen molar-refractivity contribution in [3.8, 4) is 22.9 Å². The van der Waals surface area contributed by atoms with Gasteiger partial charge in [-0.2, -0.15) is 0 Å². The maximum Gasteiger partial charge on any atom is 0.269 e. The molecule has 0 saturated heterocycles. The summed E-state index contributed by atoms with van der Waals surface area (Å²) in [5.74, 6) is 1.98. The summed E-state index contributed by atoms with van der Waals surface area (Å²) >= 11 is 1.49. The third-order valence-electron chi connectivity index (χ3n) is 5.05. The highest BCUT2D eigenvalue weighted by atomic mass is 32.2. The minimum atomic E-state index is -0.448. The molecule has 10 heteroatoms. The van der Waals surface area contributed by atoms with Gasteiger partial charge in [-0.15, -0.1) is 10.2 Å². The molecule has 0 aliphatic rings. The van der Waals surface area contributed by atoms with Crippen molar-refractivity contribution >= 4 is 28.5 Å². The Hall–Kier alpha value is -4.18. The van der Waals surface area contributed by atoms with Crippen LogP contribution in [-0.2, 0) is 5.75 Å². The Kier molecular flexibility index (Phi) is 5.96. The van der Waals surface area contributed by atoms with Gasteiger partial charge in [-0.3, -0.25) is 14.7 Å². The van der Waals surface area contributed by atoms with Crippen LogP contribution in [0.4, 0.5) is 5.69 Å². The van der Waals surface area contributed by atoms with Gasteiger partial charge in [-0.1, -0.05) is 23.9 Å². The maximum atomic E-state index is 10.9. The molecule has 0 saturated carbocycles. The molecule has 0 amide bonds. The summed E-state index contributed by atoms with van der Waals surface area (Å²) in [7, 11) is 0. The average molecular weight is 474 g/mol. The van der Waals surface area contributed by atoms with Gasteiger partial charge in [0.05, 0.1) is 28.3 Å². The summed E-state index contributed by atoms with van der Waals surface area (Å²) in [4.78, 5) is 15.2. The Morgan fingerprint density at radius 1 is 1.03 bits per heavy atom. The fourth-order valence-corrected chi connectivity index (χ4v) is 4.35. The van der Waals surface area contributed by atoms with Gasteiger partial charge in [0.1, 0.15) is 5.75 Å². The van der Waals surface area contributed by atoms with Crippen LogP contribution < -0.4 is 4.74 Å². The summed E-state index contributed by atoms with van der Waals surface area (Å²) in [6, 6.07) is 21.8. The first-order chi connectivity index (χ1) is 16.6. The van der Waals surface area contributed by atoms with Gasteiger partial charge in [-0.05, 0) is 55.5 Å². The number of hydrogen-bond acceptors (Lipinski definition) is 8. The lowest BCUT2D eigenvalue weighted by Crippen LogP contribution is -1.98. The monoisotopic (exact) mass is 473 g/mol. The van der Waals surface area contributed by atoms with Crippen molar-refractivity contribution in [2.75, 3.05) is 6.61 Å². The van der Waals surface area contributed by atoms with E-state index < -0.39 is 4.92 Å². The molecule has 0 aliphatic carbocycles. The van der Waals surface area contributed by atoms with Crippen LogP contribution in [-0.4, -0.2) is 31.3 Å². The first kappa shape index (κ1) is 21.7. The quantitative estimate of drug-likeness (QED) is 0.161. The van der Waals surface area contributed by atoms with Gasteiger partial charge in [0.25, 0.3) is 5.69 Å². The second kappa shape index (κ2) is 9.36. The summed E-state index contributed by atoms with van der Waals surface area (Å²) < 4.78 is 13.4. The number of nitro groups is 1. The minimum Gasteiger partial charge on any atom is -0.494 e. The molecule has 0 radical (unpaired) electrons. The van der Waals surface area contributed by atoms with Gasteiger partial charge in [0.15, 0.2) is 5.16 Å². The molecule has 0 unspecified atom stereocenters. The Labute approximate surface area is 198 Å². The maximum absolute atomic E-state index is 10.9. The molecule has 9 nitrogen and oxygen atoms in total. The highest BCUT2D eigenvalue weighted by Crippen LogP contribution is 2.31. The van der Waals surface area contributed by atoms with Crippen LogP contribution in [0.2, 0.25) is 0 Å². The van der Waals surface area contributed by atoms with Crippen molar-refractivity contribution in [2.24, 2.45) is 0 Å². The molecule has 0 fully saturated rings. The Morgan fingerprint density at radius 3 is 2.53 bits per heavy atom. The Morgan fingerprint density at radius 2 is 1.79 bits per heavy atom. The van der Waals surface area contributed by atoms with Crippen LogP contribution in [0.25, 0.3) is 28.2 Å². The third kappa shape index (κ3) is 4.35. The van der Waals surface area contributed by atoms with E-state index in [4.69, 9.17) is 14.1 Å². The number of thioether (sulfide) groups is 1. The van der Waals surface area contributed by atoms with Crippen LogP contribution in [0.1, 0.15) is 12.8 Å². The number of nitrogens with zero attached hydrogens (tertiary/aromatic N) is 5. The lowest BCUT2D eigenvalue weighted by molar-refractivity contribution is -0.384. The zero-order chi connectivity index (χ0) is 23.5. The van der Waals surface area contributed by atoms with Crippen LogP contribution in [0.3, 0.4) is 0 Å². The largest absolute Gasteiger partial charge is 0.494 e. The van der Waals surface area contributed by atoms with E-state index in [1.807, 2.05) is 55.5 Å². The lowest BCUT2D eigenvalue weighted by atomic mass is 10.2. The van der Waals surface area contributed by atoms with E-state index >= 15 is 0 Å². The van der Waals surface area contributed by atoms with Crippen molar-refractivity contribution in [3.63, 3.8) is 0 Å². The molecule has 0 bridgehead atoms. The number of imidazole rings is 1. The molecule has 5 rings (SSSR count). The fraction of sp³-hybridized carbons (Fsp3) is 0.125. The topological polar surface area (TPSA) is 109 Å². The normalized spacial score (nSPS) is 11.1. The van der Waals surface area contributed by atoms with E-state index in [1.165, 1.54) is 23.9 Å². The number of benzene rings is 3. The van der Waals surface area contributed by atoms with Gasteiger partial charge in [0.2, 0.25) is 11.8 Å². The van der Waals surface area contributed by atoms with Crippen LogP contribution >= 0.6 is 11.8 Å². The smallest absolute Gasteiger partial charge is 0.269 e. The first-order valence-electron chi connectivity index (χ1n) is 10.5. The molecule has 0 N–H and O–H groups in total. The fourth-order valence-electron chi connectivity index (χ4n) is 3.49. The molecule has 3 aromatic carbocycles. The molecule has 0 aliphatic heterocycles. The van der Waals surface area contributed by atoms with Crippen molar-refractivity contribution in [1.29, 1.82) is 0 Å². The highest BCUT2D eigenvalue weighted by molar-refractivity contribution is 7.98. The van der Waals surface area contributed by atoms with Crippen molar-refractivity contribution < 1.29 is 14.1 Å². The molecular weight excluding hydrogens is 454 g/mol. The first-order valence-corrected chi connectivity index (χ1v) is 11.5. The number of hydrogen-bond donors (Lipinski definition) is 0. The number of ether oxygens (including phenoxy) is 1. The Bertz CT molecular complexity index is 1440. The Balaban J connectivity index is 1.39. The molecular formula is C24H19N5O4S. The molecule has 170 valence electrons. The van der Waals surface area contributed by atoms with Gasteiger partial charge in [-0.25, -0.2) is 4.98 Å². The van der Waals surface area contributed by atoms with E-state index in [0.717, 1.165) is 27.6 Å². The zero-order valence-corrected chi connectivity index (χ0v) is 18.9. The summed E-state index contributed by atoms with van der Waals surface area (Å²) in [5, 5.41) is 19.9. The van der Waals surface area contributed by atoms with E-state index in [1.54, 1.807) is 12.1 Å². The van der Waals surface area contributed by atoms with E-state index in [-0.39, 0.29) is 5.69 Å². The number of non-ortho nitro benzene ring substituents is 1. The van der Waals surface area contributed by atoms with Crippen LogP contribution in [0, 0.1) is 10.1 Å². The van der Waals surface area contributed by atoms with Crippen molar-refractivity contribution in [2.45, 2.75) is 17.8 Å². The summed E-state index contributed by atoms with van der Waals surface area (Å²) in [5.41, 5.74) is 3.47. The number of fused-ring (bicyclic) bond motifs is 1. The van der Waals surface area contributed by atoms with Crippen molar-refractivity contribution in [3.05, 3.63) is 88.8 Å². The standard InChI is InChI=1S/C24H19N5O4S/c1-2-32-19-13-11-17(12-14-19)28-21-6-4-3-5-20(21)25-24(28)34-15-22-26-27-23(33-22)16-7-9-18(10-8-16)29(30)31/h3-14H,2,15H2,1H3. The number of aromatic nitrogens is 4. The lowest BCUT2D eigenvalue weighted by Gasteiger charge is -2.10.